The first-order valence-electron chi connectivity index (χ1n) is 7.67. The maximum absolute atomic E-state index is 13.4. The summed E-state index contributed by atoms with van der Waals surface area (Å²) in [5.41, 5.74) is 7.28. The molecular formula is C17H25ClFN. The molecular weight excluding hydrogens is 273 g/mol. The van der Waals surface area contributed by atoms with Crippen molar-refractivity contribution >= 4 is 11.6 Å². The van der Waals surface area contributed by atoms with Gasteiger partial charge in [-0.2, -0.15) is 0 Å². The lowest BCUT2D eigenvalue weighted by molar-refractivity contribution is 0.202. The largest absolute Gasteiger partial charge is 0.327 e. The minimum Gasteiger partial charge on any atom is -0.327 e. The highest BCUT2D eigenvalue weighted by atomic mass is 35.5. The quantitative estimate of drug-likeness (QED) is 0.848. The van der Waals surface area contributed by atoms with Crippen molar-refractivity contribution in [2.75, 3.05) is 0 Å². The molecule has 20 heavy (non-hydrogen) atoms. The van der Waals surface area contributed by atoms with Crippen molar-refractivity contribution in [1.82, 2.24) is 0 Å². The molecule has 2 rings (SSSR count). The number of hydrogen-bond acceptors (Lipinski definition) is 1. The van der Waals surface area contributed by atoms with E-state index in [9.17, 15) is 4.39 Å². The van der Waals surface area contributed by atoms with E-state index in [0.717, 1.165) is 23.8 Å². The van der Waals surface area contributed by atoms with Gasteiger partial charge in [0.25, 0.3) is 0 Å². The normalized spacial score (nSPS) is 24.9. The molecule has 0 radical (unpaired) electrons. The number of halogens is 2. The molecule has 2 N–H and O–H groups in total. The highest BCUT2D eigenvalue weighted by Gasteiger charge is 2.27. The van der Waals surface area contributed by atoms with E-state index in [0.29, 0.717) is 5.92 Å². The molecule has 0 heterocycles. The van der Waals surface area contributed by atoms with Crippen LogP contribution in [0.25, 0.3) is 0 Å². The van der Waals surface area contributed by atoms with Gasteiger partial charge < -0.3 is 5.73 Å². The minimum atomic E-state index is -0.347. The predicted octanol–water partition coefficient (Wildman–Crippen LogP) is 4.81. The van der Waals surface area contributed by atoms with Crippen LogP contribution in [0.15, 0.2) is 18.2 Å². The van der Waals surface area contributed by atoms with Crippen molar-refractivity contribution in [3.8, 4) is 0 Å². The lowest BCUT2D eigenvalue weighted by Gasteiger charge is -2.34. The van der Waals surface area contributed by atoms with Gasteiger partial charge in [0.2, 0.25) is 0 Å². The van der Waals surface area contributed by atoms with E-state index < -0.39 is 0 Å². The van der Waals surface area contributed by atoms with Crippen LogP contribution in [-0.2, 0) is 6.42 Å². The lowest BCUT2D eigenvalue weighted by Crippen LogP contribution is -2.35. The fourth-order valence-corrected chi connectivity index (χ4v) is 3.46. The van der Waals surface area contributed by atoms with Crippen LogP contribution in [0.1, 0.15) is 45.1 Å². The molecule has 0 bridgehead atoms. The van der Waals surface area contributed by atoms with E-state index in [1.807, 2.05) is 6.07 Å². The Kier molecular flexibility index (Phi) is 5.45. The van der Waals surface area contributed by atoms with Crippen molar-refractivity contribution in [1.29, 1.82) is 0 Å². The first-order valence-corrected chi connectivity index (χ1v) is 8.04. The van der Waals surface area contributed by atoms with Crippen molar-refractivity contribution in [2.24, 2.45) is 23.5 Å². The minimum absolute atomic E-state index is 0.128. The number of hydrogen-bond donors (Lipinski definition) is 1. The van der Waals surface area contributed by atoms with Gasteiger partial charge in [-0.15, -0.1) is 0 Å². The summed E-state index contributed by atoms with van der Waals surface area (Å²) in [6.45, 7) is 4.61. The van der Waals surface area contributed by atoms with Crippen LogP contribution >= 0.6 is 11.6 Å². The molecule has 0 aromatic heterocycles. The average Bonchev–Trinajstić information content (AvgIpc) is 2.43. The van der Waals surface area contributed by atoms with Crippen LogP contribution in [-0.4, -0.2) is 6.04 Å². The van der Waals surface area contributed by atoms with Crippen molar-refractivity contribution in [2.45, 2.75) is 52.0 Å². The molecule has 1 fully saturated rings. The van der Waals surface area contributed by atoms with E-state index in [1.54, 1.807) is 6.07 Å². The highest BCUT2D eigenvalue weighted by molar-refractivity contribution is 6.30. The van der Waals surface area contributed by atoms with Gasteiger partial charge in [0, 0.05) is 6.04 Å². The van der Waals surface area contributed by atoms with E-state index in [4.69, 9.17) is 17.3 Å². The Morgan fingerprint density at radius 2 is 1.80 bits per heavy atom. The summed E-state index contributed by atoms with van der Waals surface area (Å²) in [5.74, 6) is 1.85. The number of benzene rings is 1. The Balaban J connectivity index is 1.89. The topological polar surface area (TPSA) is 26.0 Å². The van der Waals surface area contributed by atoms with Crippen molar-refractivity contribution in [3.63, 3.8) is 0 Å². The molecule has 0 saturated heterocycles. The molecule has 1 saturated carbocycles. The maximum atomic E-state index is 13.4. The lowest BCUT2D eigenvalue weighted by atomic mass is 9.74. The molecule has 1 aromatic carbocycles. The van der Waals surface area contributed by atoms with Crippen LogP contribution in [0.4, 0.5) is 4.39 Å². The van der Waals surface area contributed by atoms with Crippen LogP contribution in [0.2, 0.25) is 5.02 Å². The third-order valence-corrected chi connectivity index (χ3v) is 5.13. The second-order valence-electron chi connectivity index (χ2n) is 6.54. The molecule has 1 aliphatic rings. The van der Waals surface area contributed by atoms with Crippen molar-refractivity contribution < 1.29 is 4.39 Å². The van der Waals surface area contributed by atoms with Crippen LogP contribution in [0.5, 0.6) is 0 Å². The first kappa shape index (κ1) is 15.8. The Hall–Kier alpha value is -0.600. The van der Waals surface area contributed by atoms with Gasteiger partial charge in [0.05, 0.1) is 5.02 Å². The molecule has 112 valence electrons. The molecule has 3 heteroatoms. The van der Waals surface area contributed by atoms with Gasteiger partial charge in [-0.25, -0.2) is 4.39 Å². The smallest absolute Gasteiger partial charge is 0.142 e. The maximum Gasteiger partial charge on any atom is 0.142 e. The Labute approximate surface area is 126 Å². The van der Waals surface area contributed by atoms with Crippen LogP contribution in [0, 0.1) is 23.6 Å². The fourth-order valence-electron chi connectivity index (χ4n) is 3.35. The summed E-state index contributed by atoms with van der Waals surface area (Å²) >= 11 is 5.71. The van der Waals surface area contributed by atoms with Gasteiger partial charge >= 0.3 is 0 Å². The predicted molar refractivity (Wildman–Crippen MR) is 83.4 cm³/mol. The van der Waals surface area contributed by atoms with E-state index >= 15 is 0 Å². The van der Waals surface area contributed by atoms with Crippen molar-refractivity contribution in [3.05, 3.63) is 34.6 Å². The van der Waals surface area contributed by atoms with Crippen LogP contribution < -0.4 is 5.73 Å². The zero-order valence-corrected chi connectivity index (χ0v) is 13.2. The molecule has 1 unspecified atom stereocenters. The summed E-state index contributed by atoms with van der Waals surface area (Å²) in [7, 11) is 0. The number of nitrogens with two attached hydrogens (primary N) is 1. The summed E-state index contributed by atoms with van der Waals surface area (Å²) in [6.07, 6.45) is 5.72. The average molecular weight is 298 g/mol. The molecule has 0 spiro atoms. The summed E-state index contributed by atoms with van der Waals surface area (Å²) in [4.78, 5) is 0. The van der Waals surface area contributed by atoms with Crippen LogP contribution in [0.3, 0.4) is 0 Å². The molecule has 0 amide bonds. The molecule has 1 aromatic rings. The Bertz CT molecular complexity index is 439. The molecule has 1 aliphatic carbocycles. The first-order chi connectivity index (χ1) is 9.47. The standard InChI is InChI=1S/C17H25ClFN/c1-11(2)13-4-6-14(7-5-13)17(20)10-12-3-8-15(18)16(19)9-12/h3,8-9,11,13-14,17H,4-7,10,20H2,1-2H3. The highest BCUT2D eigenvalue weighted by Crippen LogP contribution is 2.35. The second-order valence-corrected chi connectivity index (χ2v) is 6.94. The zero-order chi connectivity index (χ0) is 14.7. The third-order valence-electron chi connectivity index (χ3n) is 4.82. The summed E-state index contributed by atoms with van der Waals surface area (Å²) < 4.78 is 13.4. The zero-order valence-electron chi connectivity index (χ0n) is 12.4. The van der Waals surface area contributed by atoms with Gasteiger partial charge in [-0.05, 0) is 67.6 Å². The van der Waals surface area contributed by atoms with E-state index in [2.05, 4.69) is 13.8 Å². The third kappa shape index (κ3) is 3.95. The Morgan fingerprint density at radius 1 is 1.20 bits per heavy atom. The van der Waals surface area contributed by atoms with E-state index in [1.165, 1.54) is 31.7 Å². The number of rotatable bonds is 4. The molecule has 1 nitrogen and oxygen atoms in total. The van der Waals surface area contributed by atoms with Gasteiger partial charge in [-0.3, -0.25) is 0 Å². The molecule has 0 aliphatic heterocycles. The fraction of sp³-hybridized carbons (Fsp3) is 0.647. The summed E-state index contributed by atoms with van der Waals surface area (Å²) in [6, 6.07) is 5.14. The van der Waals surface area contributed by atoms with Gasteiger partial charge in [-0.1, -0.05) is 31.5 Å². The second kappa shape index (κ2) is 6.91. The van der Waals surface area contributed by atoms with Gasteiger partial charge in [0.15, 0.2) is 0 Å². The monoisotopic (exact) mass is 297 g/mol. The van der Waals surface area contributed by atoms with Gasteiger partial charge in [0.1, 0.15) is 5.82 Å². The van der Waals surface area contributed by atoms with E-state index in [-0.39, 0.29) is 16.9 Å². The Morgan fingerprint density at radius 3 is 2.35 bits per heavy atom. The summed E-state index contributed by atoms with van der Waals surface area (Å²) in [5, 5.41) is 0.180. The molecule has 1 atom stereocenters. The SMILES string of the molecule is CC(C)C1CCC(C(N)Cc2ccc(Cl)c(F)c2)CC1.